The summed E-state index contributed by atoms with van der Waals surface area (Å²) in [6.07, 6.45) is 2.43. The predicted molar refractivity (Wildman–Crippen MR) is 76.5 cm³/mol. The molecule has 0 aliphatic carbocycles. The molecule has 6 nitrogen and oxygen atoms in total. The van der Waals surface area contributed by atoms with Gasteiger partial charge in [-0.3, -0.25) is 4.68 Å². The first-order valence-electron chi connectivity index (χ1n) is 6.40. The normalized spacial score (nSPS) is 11.3. The van der Waals surface area contributed by atoms with E-state index in [1.165, 1.54) is 0 Å². The van der Waals surface area contributed by atoms with Crippen molar-refractivity contribution in [1.82, 2.24) is 29.3 Å². The molecule has 0 bridgehead atoms. The lowest BCUT2D eigenvalue weighted by molar-refractivity contribution is 0.650. The molecule has 0 aliphatic heterocycles. The van der Waals surface area contributed by atoms with Gasteiger partial charge in [-0.2, -0.15) is 5.10 Å². The molecule has 0 fully saturated rings. The quantitative estimate of drug-likeness (QED) is 0.688. The van der Waals surface area contributed by atoms with Crippen molar-refractivity contribution in [2.75, 3.05) is 0 Å². The molecule has 3 aromatic heterocycles. The van der Waals surface area contributed by atoms with Crippen LogP contribution in [-0.2, 0) is 25.9 Å². The second-order valence-electron chi connectivity index (χ2n) is 4.69. The maximum Gasteiger partial charge on any atom is 0.160 e. The van der Waals surface area contributed by atoms with Crippen LogP contribution in [0.25, 0.3) is 11.2 Å². The Morgan fingerprint density at radius 2 is 2.10 bits per heavy atom. The van der Waals surface area contributed by atoms with Crippen LogP contribution in [0.3, 0.4) is 0 Å². The lowest BCUT2D eigenvalue weighted by Gasteiger charge is -2.05. The molecule has 20 heavy (non-hydrogen) atoms. The van der Waals surface area contributed by atoms with Crippen LogP contribution in [0.15, 0.2) is 18.5 Å². The molecule has 7 heteroatoms. The number of rotatable bonds is 4. The number of hydrogen-bond acceptors (Lipinski definition) is 4. The molecule has 0 saturated carbocycles. The number of nitrogens with zero attached hydrogens (tertiary/aromatic N) is 6. The number of halogens is 1. The molecule has 0 unspecified atom stereocenters. The largest absolute Gasteiger partial charge is 0.311 e. The number of pyridine rings is 1. The predicted octanol–water partition coefficient (Wildman–Crippen LogP) is 1.85. The Bertz CT molecular complexity index is 744. The summed E-state index contributed by atoms with van der Waals surface area (Å²) < 4.78 is 3.75. The van der Waals surface area contributed by atoms with E-state index in [1.807, 2.05) is 30.7 Å². The van der Waals surface area contributed by atoms with Gasteiger partial charge in [-0.1, -0.05) is 0 Å². The summed E-state index contributed by atoms with van der Waals surface area (Å²) in [5.74, 6) is 2.00. The Hall–Kier alpha value is -1.95. The Morgan fingerprint density at radius 3 is 2.80 bits per heavy atom. The Morgan fingerprint density at radius 1 is 1.25 bits per heavy atom. The molecule has 0 saturated heterocycles. The third-order valence-electron chi connectivity index (χ3n) is 3.14. The van der Waals surface area contributed by atoms with Gasteiger partial charge < -0.3 is 4.57 Å². The molecule has 3 aromatic rings. The monoisotopic (exact) mass is 290 g/mol. The number of alkyl halides is 1. The highest BCUT2D eigenvalue weighted by molar-refractivity contribution is 6.16. The average molecular weight is 291 g/mol. The second kappa shape index (κ2) is 5.20. The van der Waals surface area contributed by atoms with Crippen molar-refractivity contribution in [3.05, 3.63) is 35.8 Å². The first-order chi connectivity index (χ1) is 9.67. The van der Waals surface area contributed by atoms with Gasteiger partial charge in [0.2, 0.25) is 0 Å². The molecule has 0 aliphatic rings. The van der Waals surface area contributed by atoms with Crippen molar-refractivity contribution >= 4 is 22.8 Å². The Labute approximate surface area is 121 Å². The van der Waals surface area contributed by atoms with Gasteiger partial charge in [0, 0.05) is 25.7 Å². The lowest BCUT2D eigenvalue weighted by atomic mass is 10.3. The van der Waals surface area contributed by atoms with Gasteiger partial charge in [-0.25, -0.2) is 15.0 Å². The first-order valence-corrected chi connectivity index (χ1v) is 6.94. The second-order valence-corrected chi connectivity index (χ2v) is 4.96. The smallest absolute Gasteiger partial charge is 0.160 e. The van der Waals surface area contributed by atoms with Crippen LogP contribution in [0, 0.1) is 6.92 Å². The average Bonchev–Trinajstić information content (AvgIpc) is 2.99. The van der Waals surface area contributed by atoms with Crippen molar-refractivity contribution in [3.8, 4) is 0 Å². The van der Waals surface area contributed by atoms with Crippen molar-refractivity contribution in [1.29, 1.82) is 0 Å². The standard InChI is InChI=1S/C13H15ClN6/c1-9-3-4-10-13(16-9)20(12(7-14)17-10)6-5-11-15-8-19(2)18-11/h3-4,8H,5-7H2,1-2H3. The van der Waals surface area contributed by atoms with Gasteiger partial charge in [0.1, 0.15) is 17.7 Å². The van der Waals surface area contributed by atoms with E-state index in [0.29, 0.717) is 5.88 Å². The summed E-state index contributed by atoms with van der Waals surface area (Å²) in [5.41, 5.74) is 2.72. The molecule has 0 radical (unpaired) electrons. The fourth-order valence-electron chi connectivity index (χ4n) is 2.19. The van der Waals surface area contributed by atoms with Crippen LogP contribution in [0.5, 0.6) is 0 Å². The number of aryl methyl sites for hydroxylation is 4. The third kappa shape index (κ3) is 2.38. The summed E-state index contributed by atoms with van der Waals surface area (Å²) in [4.78, 5) is 13.3. The molecule has 0 amide bonds. The Kier molecular flexibility index (Phi) is 3.40. The van der Waals surface area contributed by atoms with E-state index in [2.05, 4.69) is 20.1 Å². The maximum absolute atomic E-state index is 5.98. The van der Waals surface area contributed by atoms with Gasteiger partial charge in [-0.15, -0.1) is 11.6 Å². The van der Waals surface area contributed by atoms with Gasteiger partial charge in [0.25, 0.3) is 0 Å². The zero-order valence-electron chi connectivity index (χ0n) is 11.4. The highest BCUT2D eigenvalue weighted by atomic mass is 35.5. The van der Waals surface area contributed by atoms with Crippen LogP contribution in [0.4, 0.5) is 0 Å². The van der Waals surface area contributed by atoms with Crippen LogP contribution >= 0.6 is 11.6 Å². The number of fused-ring (bicyclic) bond motifs is 1. The minimum atomic E-state index is 0.366. The number of imidazole rings is 1. The fourth-order valence-corrected chi connectivity index (χ4v) is 2.39. The molecule has 3 rings (SSSR count). The molecule has 0 N–H and O–H groups in total. The molecule has 0 atom stereocenters. The van der Waals surface area contributed by atoms with E-state index < -0.39 is 0 Å². The van der Waals surface area contributed by atoms with Crippen molar-refractivity contribution in [2.24, 2.45) is 7.05 Å². The van der Waals surface area contributed by atoms with Crippen LogP contribution < -0.4 is 0 Å². The summed E-state index contributed by atoms with van der Waals surface area (Å²) >= 11 is 5.98. The summed E-state index contributed by atoms with van der Waals surface area (Å²) in [5, 5.41) is 4.28. The van der Waals surface area contributed by atoms with E-state index in [4.69, 9.17) is 11.6 Å². The SMILES string of the molecule is Cc1ccc2nc(CCl)n(CCc3ncn(C)n3)c2n1. The zero-order chi connectivity index (χ0) is 14.1. The highest BCUT2D eigenvalue weighted by Crippen LogP contribution is 2.16. The van der Waals surface area contributed by atoms with Crippen molar-refractivity contribution in [3.63, 3.8) is 0 Å². The molecule has 0 spiro atoms. The van der Waals surface area contributed by atoms with Gasteiger partial charge in [0.15, 0.2) is 11.5 Å². The number of aromatic nitrogens is 6. The van der Waals surface area contributed by atoms with Crippen LogP contribution in [0.1, 0.15) is 17.3 Å². The summed E-state index contributed by atoms with van der Waals surface area (Å²) in [7, 11) is 1.86. The maximum atomic E-state index is 5.98. The third-order valence-corrected chi connectivity index (χ3v) is 3.38. The lowest BCUT2D eigenvalue weighted by Crippen LogP contribution is -2.07. The van der Waals surface area contributed by atoms with Gasteiger partial charge >= 0.3 is 0 Å². The molecular formula is C13H15ClN6. The molecular weight excluding hydrogens is 276 g/mol. The topological polar surface area (TPSA) is 61.4 Å². The zero-order valence-corrected chi connectivity index (χ0v) is 12.2. The molecule has 104 valence electrons. The van der Waals surface area contributed by atoms with Gasteiger partial charge in [0.05, 0.1) is 5.88 Å². The summed E-state index contributed by atoms with van der Waals surface area (Å²) in [6.45, 7) is 2.69. The van der Waals surface area contributed by atoms with Crippen molar-refractivity contribution in [2.45, 2.75) is 25.8 Å². The Balaban J connectivity index is 1.94. The minimum absolute atomic E-state index is 0.366. The molecule has 3 heterocycles. The van der Waals surface area contributed by atoms with Crippen LogP contribution in [-0.4, -0.2) is 29.3 Å². The van der Waals surface area contributed by atoms with E-state index in [1.54, 1.807) is 11.0 Å². The number of hydrogen-bond donors (Lipinski definition) is 0. The van der Waals surface area contributed by atoms with Crippen LogP contribution in [0.2, 0.25) is 0 Å². The van der Waals surface area contributed by atoms with E-state index >= 15 is 0 Å². The van der Waals surface area contributed by atoms with E-state index in [-0.39, 0.29) is 0 Å². The molecule has 0 aromatic carbocycles. The highest BCUT2D eigenvalue weighted by Gasteiger charge is 2.12. The summed E-state index contributed by atoms with van der Waals surface area (Å²) in [6, 6.07) is 3.93. The van der Waals surface area contributed by atoms with E-state index in [9.17, 15) is 0 Å². The minimum Gasteiger partial charge on any atom is -0.311 e. The van der Waals surface area contributed by atoms with Crippen molar-refractivity contribution < 1.29 is 0 Å². The van der Waals surface area contributed by atoms with E-state index in [0.717, 1.165) is 41.5 Å². The van der Waals surface area contributed by atoms with Gasteiger partial charge in [-0.05, 0) is 19.1 Å². The fraction of sp³-hybridized carbons (Fsp3) is 0.385. The first kappa shape index (κ1) is 13.1.